The first-order valence-electron chi connectivity index (χ1n) is 7.94. The van der Waals surface area contributed by atoms with Crippen molar-refractivity contribution in [3.05, 3.63) is 76.9 Å². The first-order valence-corrected chi connectivity index (χ1v) is 8.74. The standard InChI is InChI=1S/C21H19BrO/c22-21-18-13-5-4-11-17(18)12-7-14-19(21)20(23)15-6-10-16-8-2-1-3-9-16/h1-5,8-9,11,13,20,23H,7,12,14-15H2. The van der Waals surface area contributed by atoms with E-state index in [-0.39, 0.29) is 0 Å². The fourth-order valence-corrected chi connectivity index (χ4v) is 3.76. The molecule has 2 heteroatoms. The van der Waals surface area contributed by atoms with Crippen LogP contribution in [0.1, 0.15) is 36.0 Å². The molecule has 0 aliphatic heterocycles. The van der Waals surface area contributed by atoms with Crippen molar-refractivity contribution in [1.29, 1.82) is 0 Å². The van der Waals surface area contributed by atoms with E-state index in [4.69, 9.17) is 0 Å². The first-order chi connectivity index (χ1) is 11.3. The van der Waals surface area contributed by atoms with Crippen molar-refractivity contribution < 1.29 is 5.11 Å². The van der Waals surface area contributed by atoms with Gasteiger partial charge in [0.15, 0.2) is 0 Å². The van der Waals surface area contributed by atoms with Crippen LogP contribution in [0, 0.1) is 11.8 Å². The molecule has 1 aliphatic carbocycles. The number of halogens is 1. The molecule has 1 nitrogen and oxygen atoms in total. The van der Waals surface area contributed by atoms with Gasteiger partial charge in [0.25, 0.3) is 0 Å². The Morgan fingerprint density at radius 1 is 1.00 bits per heavy atom. The second-order valence-electron chi connectivity index (χ2n) is 5.74. The Kier molecular flexibility index (Phi) is 5.33. The van der Waals surface area contributed by atoms with Gasteiger partial charge in [-0.3, -0.25) is 0 Å². The molecule has 0 amide bonds. The van der Waals surface area contributed by atoms with Gasteiger partial charge >= 0.3 is 0 Å². The maximum absolute atomic E-state index is 10.6. The van der Waals surface area contributed by atoms with Crippen LogP contribution in [0.2, 0.25) is 0 Å². The molecule has 1 atom stereocenters. The number of aliphatic hydroxyl groups excluding tert-OH is 1. The van der Waals surface area contributed by atoms with Crippen molar-refractivity contribution in [1.82, 2.24) is 0 Å². The van der Waals surface area contributed by atoms with Gasteiger partial charge in [-0.05, 0) is 48.1 Å². The molecule has 0 bridgehead atoms. The van der Waals surface area contributed by atoms with Crippen molar-refractivity contribution >= 4 is 20.4 Å². The van der Waals surface area contributed by atoms with E-state index in [9.17, 15) is 5.11 Å². The molecule has 1 aliphatic rings. The smallest absolute Gasteiger partial charge is 0.0873 e. The molecule has 23 heavy (non-hydrogen) atoms. The molecule has 1 unspecified atom stereocenters. The highest BCUT2D eigenvalue weighted by molar-refractivity contribution is 9.15. The Balaban J connectivity index is 1.79. The summed E-state index contributed by atoms with van der Waals surface area (Å²) in [6.07, 6.45) is 2.96. The molecule has 1 N–H and O–H groups in total. The summed E-state index contributed by atoms with van der Waals surface area (Å²) in [4.78, 5) is 0. The average Bonchev–Trinajstić information content (AvgIpc) is 2.75. The van der Waals surface area contributed by atoms with Crippen LogP contribution < -0.4 is 0 Å². The van der Waals surface area contributed by atoms with E-state index < -0.39 is 6.10 Å². The Labute approximate surface area is 146 Å². The van der Waals surface area contributed by atoms with Crippen molar-refractivity contribution in [2.45, 2.75) is 31.8 Å². The van der Waals surface area contributed by atoms with Crippen LogP contribution in [-0.2, 0) is 6.42 Å². The lowest BCUT2D eigenvalue weighted by molar-refractivity contribution is 0.213. The quantitative estimate of drug-likeness (QED) is 0.746. The van der Waals surface area contributed by atoms with E-state index in [1.807, 2.05) is 36.4 Å². The van der Waals surface area contributed by atoms with Crippen molar-refractivity contribution in [3.63, 3.8) is 0 Å². The maximum Gasteiger partial charge on any atom is 0.0873 e. The van der Waals surface area contributed by atoms with Gasteiger partial charge in [-0.1, -0.05) is 70.2 Å². The zero-order valence-electron chi connectivity index (χ0n) is 12.9. The zero-order valence-corrected chi connectivity index (χ0v) is 14.5. The molecule has 0 radical (unpaired) electrons. The average molecular weight is 367 g/mol. The lowest BCUT2D eigenvalue weighted by Gasteiger charge is -2.14. The highest BCUT2D eigenvalue weighted by Crippen LogP contribution is 2.36. The molecule has 0 saturated carbocycles. The minimum Gasteiger partial charge on any atom is -0.388 e. The fraction of sp³-hybridized carbons (Fsp3) is 0.238. The van der Waals surface area contributed by atoms with E-state index in [2.05, 4.69) is 46.0 Å². The van der Waals surface area contributed by atoms with Gasteiger partial charge < -0.3 is 5.11 Å². The Hall–Kier alpha value is -1.82. The highest BCUT2D eigenvalue weighted by Gasteiger charge is 2.19. The molecule has 3 rings (SSSR count). The summed E-state index contributed by atoms with van der Waals surface area (Å²) in [5.41, 5.74) is 4.60. The predicted octanol–water partition coefficient (Wildman–Crippen LogP) is 4.93. The second-order valence-corrected chi connectivity index (χ2v) is 6.53. The lowest BCUT2D eigenvalue weighted by atomic mass is 10.0. The monoisotopic (exact) mass is 366 g/mol. The van der Waals surface area contributed by atoms with Crippen LogP contribution in [-0.4, -0.2) is 11.2 Å². The van der Waals surface area contributed by atoms with Crippen LogP contribution in [0.3, 0.4) is 0 Å². The molecule has 0 saturated heterocycles. The summed E-state index contributed by atoms with van der Waals surface area (Å²) in [5.74, 6) is 6.23. The molecule has 0 spiro atoms. The van der Waals surface area contributed by atoms with Gasteiger partial charge in [0.2, 0.25) is 0 Å². The third kappa shape index (κ3) is 3.93. The molecule has 116 valence electrons. The normalized spacial score (nSPS) is 15.2. The zero-order chi connectivity index (χ0) is 16.1. The van der Waals surface area contributed by atoms with E-state index in [1.54, 1.807) is 0 Å². The van der Waals surface area contributed by atoms with E-state index in [1.165, 1.54) is 11.1 Å². The molecule has 0 fully saturated rings. The number of aryl methyl sites for hydroxylation is 1. The number of benzene rings is 2. The minimum absolute atomic E-state index is 0.460. The van der Waals surface area contributed by atoms with Crippen molar-refractivity contribution in [2.24, 2.45) is 0 Å². The molecular weight excluding hydrogens is 348 g/mol. The molecular formula is C21H19BrO. The summed E-state index contributed by atoms with van der Waals surface area (Å²) in [7, 11) is 0. The van der Waals surface area contributed by atoms with Gasteiger partial charge in [-0.25, -0.2) is 0 Å². The van der Waals surface area contributed by atoms with Crippen LogP contribution in [0.25, 0.3) is 4.48 Å². The number of aliphatic hydroxyl groups is 1. The summed E-state index contributed by atoms with van der Waals surface area (Å²) in [6, 6.07) is 18.3. The Bertz CT molecular complexity index is 765. The topological polar surface area (TPSA) is 20.2 Å². The lowest BCUT2D eigenvalue weighted by Crippen LogP contribution is -2.10. The van der Waals surface area contributed by atoms with Crippen LogP contribution in [0.5, 0.6) is 0 Å². The first kappa shape index (κ1) is 16.1. The Morgan fingerprint density at radius 3 is 2.57 bits per heavy atom. The van der Waals surface area contributed by atoms with Crippen molar-refractivity contribution in [3.8, 4) is 11.8 Å². The Morgan fingerprint density at radius 2 is 1.74 bits per heavy atom. The summed E-state index contributed by atoms with van der Waals surface area (Å²) >= 11 is 3.71. The van der Waals surface area contributed by atoms with Gasteiger partial charge in [0.1, 0.15) is 0 Å². The van der Waals surface area contributed by atoms with Crippen LogP contribution >= 0.6 is 15.9 Å². The predicted molar refractivity (Wildman–Crippen MR) is 99.2 cm³/mol. The fourth-order valence-electron chi connectivity index (χ4n) is 2.91. The summed E-state index contributed by atoms with van der Waals surface area (Å²) < 4.78 is 1.04. The number of hydrogen-bond donors (Lipinski definition) is 1. The number of rotatable bonds is 2. The number of fused-ring (bicyclic) bond motifs is 1. The van der Waals surface area contributed by atoms with E-state index in [0.717, 1.165) is 34.9 Å². The van der Waals surface area contributed by atoms with Crippen LogP contribution in [0.15, 0.2) is 60.2 Å². The number of hydrogen-bond acceptors (Lipinski definition) is 1. The molecule has 2 aromatic carbocycles. The van der Waals surface area contributed by atoms with E-state index in [0.29, 0.717) is 6.42 Å². The summed E-state index contributed by atoms with van der Waals surface area (Å²) in [6.45, 7) is 0. The van der Waals surface area contributed by atoms with Gasteiger partial charge in [0, 0.05) is 16.5 Å². The molecule has 0 heterocycles. The SMILES string of the molecule is OC(CC#Cc1ccccc1)C1=C(Br)c2ccccc2CCC1. The van der Waals surface area contributed by atoms with Gasteiger partial charge in [-0.15, -0.1) is 0 Å². The third-order valence-corrected chi connectivity index (χ3v) is 5.07. The maximum atomic E-state index is 10.6. The largest absolute Gasteiger partial charge is 0.388 e. The molecule has 0 aromatic heterocycles. The van der Waals surface area contributed by atoms with Gasteiger partial charge in [0.05, 0.1) is 6.10 Å². The highest BCUT2D eigenvalue weighted by atomic mass is 79.9. The minimum atomic E-state index is -0.522. The van der Waals surface area contributed by atoms with Crippen LogP contribution in [0.4, 0.5) is 0 Å². The second kappa shape index (κ2) is 7.64. The van der Waals surface area contributed by atoms with Crippen molar-refractivity contribution in [2.75, 3.05) is 0 Å². The third-order valence-electron chi connectivity index (χ3n) is 4.13. The van der Waals surface area contributed by atoms with E-state index >= 15 is 0 Å². The van der Waals surface area contributed by atoms with Gasteiger partial charge in [-0.2, -0.15) is 0 Å². The summed E-state index contributed by atoms with van der Waals surface area (Å²) in [5, 5.41) is 10.6. The molecule has 2 aromatic rings.